The minimum atomic E-state index is -0.972. The Hall–Kier alpha value is -3.18. The number of rotatable bonds is 3. The molecular formula is C20H19N3O2. The second kappa shape index (κ2) is 7.15. The molecule has 4 rings (SSSR count). The van der Waals surface area contributed by atoms with Gasteiger partial charge in [-0.15, -0.1) is 0 Å². The number of nitrogens with two attached hydrogens (primary N) is 1. The summed E-state index contributed by atoms with van der Waals surface area (Å²) in [6, 6.07) is 14.9. The predicted molar refractivity (Wildman–Crippen MR) is 98.4 cm³/mol. The van der Waals surface area contributed by atoms with Gasteiger partial charge in [0.1, 0.15) is 6.04 Å². The number of H-pyrrole nitrogens is 1. The fourth-order valence-corrected chi connectivity index (χ4v) is 2.70. The first-order chi connectivity index (χ1) is 12.0. The Morgan fingerprint density at radius 1 is 1.20 bits per heavy atom. The minimum Gasteiger partial charge on any atom is -0.480 e. The third-order valence-corrected chi connectivity index (χ3v) is 3.95. The minimum absolute atomic E-state index is 0.347. The molecule has 3 aromatic rings. The lowest BCUT2D eigenvalue weighted by Crippen LogP contribution is -2.32. The van der Waals surface area contributed by atoms with Crippen LogP contribution in [0, 0.1) is 0 Å². The van der Waals surface area contributed by atoms with Gasteiger partial charge in [0.05, 0.1) is 11.1 Å². The topological polar surface area (TPSA) is 91.5 Å². The third-order valence-electron chi connectivity index (χ3n) is 3.95. The van der Waals surface area contributed by atoms with Gasteiger partial charge in [0.15, 0.2) is 0 Å². The Labute approximate surface area is 144 Å². The van der Waals surface area contributed by atoms with E-state index in [-0.39, 0.29) is 0 Å². The van der Waals surface area contributed by atoms with Crippen LogP contribution in [0.4, 0.5) is 0 Å². The van der Waals surface area contributed by atoms with E-state index in [0.717, 1.165) is 27.5 Å². The lowest BCUT2D eigenvalue weighted by Gasteiger charge is -2.04. The first-order valence-electron chi connectivity index (χ1n) is 7.92. The molecule has 0 saturated carbocycles. The monoisotopic (exact) mass is 333 g/mol. The van der Waals surface area contributed by atoms with Crippen molar-refractivity contribution < 1.29 is 9.90 Å². The van der Waals surface area contributed by atoms with Crippen molar-refractivity contribution in [1.82, 2.24) is 4.98 Å². The standard InChI is InChI=1S/C11H12N2O2.C9H7N/c12-9(11(14)15)5-7-6-13-10-4-2-1-3-8(7)10;1-7-6-8-4-2-3-5-9(8)10-7/h1-4,6,9,13H,5,12H2,(H,14,15);2-6H,1H2/t9-;/m0./s1. The van der Waals surface area contributed by atoms with Gasteiger partial charge in [0, 0.05) is 28.7 Å². The lowest BCUT2D eigenvalue weighted by molar-refractivity contribution is -0.138. The van der Waals surface area contributed by atoms with Crippen LogP contribution in [0.25, 0.3) is 17.0 Å². The summed E-state index contributed by atoms with van der Waals surface area (Å²) in [6.07, 6.45) is 4.14. The van der Waals surface area contributed by atoms with E-state index in [9.17, 15) is 4.79 Å². The Kier molecular flexibility index (Phi) is 4.77. The molecule has 2 heterocycles. The van der Waals surface area contributed by atoms with Crippen molar-refractivity contribution in [3.63, 3.8) is 0 Å². The van der Waals surface area contributed by atoms with E-state index in [4.69, 9.17) is 10.8 Å². The van der Waals surface area contributed by atoms with E-state index in [1.54, 1.807) is 0 Å². The number of benzene rings is 2. The molecule has 126 valence electrons. The maximum Gasteiger partial charge on any atom is 0.320 e. The third kappa shape index (κ3) is 3.84. The van der Waals surface area contributed by atoms with E-state index in [1.165, 1.54) is 5.22 Å². The van der Waals surface area contributed by atoms with Crippen molar-refractivity contribution in [2.45, 2.75) is 12.5 Å². The highest BCUT2D eigenvalue weighted by Gasteiger charge is 2.14. The highest BCUT2D eigenvalue weighted by Crippen LogP contribution is 2.18. The van der Waals surface area contributed by atoms with Crippen molar-refractivity contribution in [2.75, 3.05) is 0 Å². The zero-order chi connectivity index (χ0) is 17.8. The van der Waals surface area contributed by atoms with Crippen molar-refractivity contribution in [3.05, 3.63) is 83.1 Å². The lowest BCUT2D eigenvalue weighted by atomic mass is 10.1. The average Bonchev–Trinajstić information content (AvgIpc) is 3.18. The van der Waals surface area contributed by atoms with E-state index in [0.29, 0.717) is 6.42 Å². The van der Waals surface area contributed by atoms with Crippen LogP contribution in [0.2, 0.25) is 0 Å². The fourth-order valence-electron chi connectivity index (χ4n) is 2.70. The molecular weight excluding hydrogens is 314 g/mol. The van der Waals surface area contributed by atoms with Crippen molar-refractivity contribution >= 4 is 22.9 Å². The summed E-state index contributed by atoms with van der Waals surface area (Å²) in [4.78, 5) is 17.9. The molecule has 4 N–H and O–H groups in total. The Morgan fingerprint density at radius 3 is 2.68 bits per heavy atom. The van der Waals surface area contributed by atoms with Gasteiger partial charge in [-0.1, -0.05) is 43.0 Å². The van der Waals surface area contributed by atoms with E-state index < -0.39 is 12.0 Å². The summed E-state index contributed by atoms with van der Waals surface area (Å²) < 4.78 is 0. The molecule has 1 aromatic heterocycles. The highest BCUT2D eigenvalue weighted by atomic mass is 16.4. The smallest absolute Gasteiger partial charge is 0.320 e. The molecule has 0 saturated heterocycles. The van der Waals surface area contributed by atoms with Crippen LogP contribution in [0.3, 0.4) is 0 Å². The number of para-hydroxylation sites is 2. The molecule has 1 atom stereocenters. The second-order valence-corrected chi connectivity index (χ2v) is 5.81. The van der Waals surface area contributed by atoms with Crippen LogP contribution in [0.1, 0.15) is 5.56 Å². The second-order valence-electron chi connectivity index (χ2n) is 5.81. The van der Waals surface area contributed by atoms with Crippen molar-refractivity contribution in [2.24, 2.45) is 10.7 Å². The first kappa shape index (κ1) is 16.7. The molecule has 25 heavy (non-hydrogen) atoms. The van der Waals surface area contributed by atoms with Crippen molar-refractivity contribution in [3.8, 4) is 0 Å². The average molecular weight is 333 g/mol. The number of allylic oxidation sites excluding steroid dienone is 1. The number of aromatic amines is 1. The number of carboxylic acid groups (broad SMARTS) is 1. The van der Waals surface area contributed by atoms with E-state index in [1.807, 2.05) is 60.8 Å². The fraction of sp³-hybridized carbons (Fsp3) is 0.100. The summed E-state index contributed by atoms with van der Waals surface area (Å²) in [5.74, 6) is -0.972. The molecule has 0 amide bonds. The molecule has 0 bridgehead atoms. The number of nitrogens with one attached hydrogen (secondary N) is 1. The number of aromatic nitrogens is 1. The van der Waals surface area contributed by atoms with Crippen LogP contribution in [-0.2, 0) is 11.2 Å². The van der Waals surface area contributed by atoms with Crippen LogP contribution in [0.5, 0.6) is 0 Å². The van der Waals surface area contributed by atoms with Crippen LogP contribution < -0.4 is 16.3 Å². The summed E-state index contributed by atoms with van der Waals surface area (Å²) in [5, 5.41) is 12.0. The quantitative estimate of drug-likeness (QED) is 0.682. The number of hydrogen-bond acceptors (Lipinski definition) is 3. The van der Waals surface area contributed by atoms with Gasteiger partial charge < -0.3 is 15.8 Å². The van der Waals surface area contributed by atoms with E-state index in [2.05, 4.69) is 16.6 Å². The molecule has 1 aliphatic rings. The van der Waals surface area contributed by atoms with Gasteiger partial charge in [-0.05, 0) is 23.8 Å². The molecule has 2 aromatic carbocycles. The van der Waals surface area contributed by atoms with Gasteiger partial charge in [-0.3, -0.25) is 4.79 Å². The molecule has 0 aliphatic carbocycles. The number of carboxylic acids is 1. The van der Waals surface area contributed by atoms with Gasteiger partial charge in [0.2, 0.25) is 0 Å². The predicted octanol–water partition coefficient (Wildman–Crippen LogP) is 1.74. The maximum atomic E-state index is 10.6. The van der Waals surface area contributed by atoms with Crippen LogP contribution in [-0.4, -0.2) is 22.1 Å². The van der Waals surface area contributed by atoms with Gasteiger partial charge in [-0.25, -0.2) is 4.99 Å². The first-order valence-corrected chi connectivity index (χ1v) is 7.92. The number of fused-ring (bicyclic) bond motifs is 2. The van der Waals surface area contributed by atoms with Gasteiger partial charge >= 0.3 is 5.97 Å². The van der Waals surface area contributed by atoms with Crippen molar-refractivity contribution in [1.29, 1.82) is 0 Å². The molecule has 5 nitrogen and oxygen atoms in total. The molecule has 5 heteroatoms. The maximum absolute atomic E-state index is 10.6. The summed E-state index contributed by atoms with van der Waals surface area (Å²) in [6.45, 7) is 3.75. The largest absolute Gasteiger partial charge is 0.480 e. The Bertz CT molecular complexity index is 1010. The Balaban J connectivity index is 0.000000157. The zero-order valence-corrected chi connectivity index (χ0v) is 13.6. The highest BCUT2D eigenvalue weighted by molar-refractivity contribution is 5.84. The molecule has 0 radical (unpaired) electrons. The summed E-state index contributed by atoms with van der Waals surface area (Å²) in [5.41, 5.74) is 8.28. The number of hydrogen-bond donors (Lipinski definition) is 3. The van der Waals surface area contributed by atoms with Gasteiger partial charge in [-0.2, -0.15) is 0 Å². The number of nitrogens with zero attached hydrogens (tertiary/aromatic N) is 1. The molecule has 0 spiro atoms. The SMILES string of the molecule is C=C1C=c2ccccc2=N1.N[C@@H](Cc1c[nH]c2ccccc12)C(=O)O. The molecule has 0 fully saturated rings. The summed E-state index contributed by atoms with van der Waals surface area (Å²) >= 11 is 0. The number of carbonyl (C=O) groups is 1. The Morgan fingerprint density at radius 2 is 1.92 bits per heavy atom. The normalized spacial score (nSPS) is 13.2. The zero-order valence-electron chi connectivity index (χ0n) is 13.6. The van der Waals surface area contributed by atoms with Crippen LogP contribution >= 0.6 is 0 Å². The van der Waals surface area contributed by atoms with E-state index >= 15 is 0 Å². The number of aliphatic carboxylic acids is 1. The molecule has 1 aliphatic heterocycles. The van der Waals surface area contributed by atoms with Crippen LogP contribution in [0.15, 0.2) is 72.0 Å². The molecule has 0 unspecified atom stereocenters. The van der Waals surface area contributed by atoms with Gasteiger partial charge in [0.25, 0.3) is 0 Å². The summed E-state index contributed by atoms with van der Waals surface area (Å²) in [7, 11) is 0.